The summed E-state index contributed by atoms with van der Waals surface area (Å²) in [5.74, 6) is 0. The third-order valence-corrected chi connectivity index (χ3v) is 4.61. The van der Waals surface area contributed by atoms with Crippen LogP contribution in [0.2, 0.25) is 0 Å². The van der Waals surface area contributed by atoms with Crippen LogP contribution < -0.4 is 15.4 Å². The number of urea groups is 1. The maximum atomic E-state index is 11.3. The van der Waals surface area contributed by atoms with Crippen LogP contribution in [0.1, 0.15) is 30.9 Å². The molecule has 1 aliphatic carbocycles. The van der Waals surface area contributed by atoms with Crippen LogP contribution in [0.4, 0.5) is 16.2 Å². The summed E-state index contributed by atoms with van der Waals surface area (Å²) < 4.78 is 1.17. The van der Waals surface area contributed by atoms with E-state index in [0.29, 0.717) is 5.69 Å². The first-order chi connectivity index (χ1) is 11.1. The van der Waals surface area contributed by atoms with Crippen LogP contribution in [0.25, 0.3) is 11.1 Å². The van der Waals surface area contributed by atoms with E-state index in [1.165, 1.54) is 39.4 Å². The first-order valence-electron chi connectivity index (χ1n) is 7.88. The Kier molecular flexibility index (Phi) is 4.48. The third kappa shape index (κ3) is 3.15. The van der Waals surface area contributed by atoms with E-state index in [0.717, 1.165) is 18.7 Å². The largest absolute Gasteiger partial charge is 0.385 e. The van der Waals surface area contributed by atoms with Gasteiger partial charge in [0, 0.05) is 12.2 Å². The summed E-state index contributed by atoms with van der Waals surface area (Å²) in [6.07, 6.45) is 3.22. The second kappa shape index (κ2) is 6.54. The number of carbonyl (C=O) groups excluding carboxylic acids is 1. The maximum absolute atomic E-state index is 11.3. The smallest absolute Gasteiger partial charge is 0.329 e. The Labute approximate surface area is 142 Å². The van der Waals surface area contributed by atoms with E-state index in [1.807, 2.05) is 18.2 Å². The number of fused-ring (bicyclic) bond motifs is 3. The number of unbranched alkanes of at least 4 members (excludes halogenated alkanes) is 1. The van der Waals surface area contributed by atoms with E-state index >= 15 is 0 Å². The molecule has 0 bridgehead atoms. The summed E-state index contributed by atoms with van der Waals surface area (Å²) in [4.78, 5) is 11.3. The fourth-order valence-electron chi connectivity index (χ4n) is 2.98. The van der Waals surface area contributed by atoms with E-state index < -0.39 is 6.03 Å². The Morgan fingerprint density at radius 2 is 1.91 bits per heavy atom. The van der Waals surface area contributed by atoms with Crippen LogP contribution in [-0.4, -0.2) is 12.6 Å². The molecule has 0 aromatic heterocycles. The number of hydrogen-bond donors (Lipinski definition) is 3. The van der Waals surface area contributed by atoms with Crippen LogP contribution in [0.3, 0.4) is 0 Å². The van der Waals surface area contributed by atoms with E-state index in [1.54, 1.807) is 0 Å². The quantitative estimate of drug-likeness (QED) is 0.486. The minimum atomic E-state index is -0.578. The monoisotopic (exact) mass is 327 g/mol. The highest BCUT2D eigenvalue weighted by molar-refractivity contribution is 7.82. The molecule has 23 heavy (non-hydrogen) atoms. The van der Waals surface area contributed by atoms with Crippen molar-refractivity contribution in [3.63, 3.8) is 0 Å². The Morgan fingerprint density at radius 3 is 2.61 bits per heavy atom. The number of benzene rings is 2. The van der Waals surface area contributed by atoms with Crippen molar-refractivity contribution in [1.29, 1.82) is 0 Å². The zero-order valence-electron chi connectivity index (χ0n) is 13.2. The number of anilines is 2. The molecule has 5 heteroatoms. The standard InChI is InChI=1S/C18H21N3OS/c1-2-3-8-20-14-4-6-16-12(10-14)9-13-11-15(5-7-17(13)16)21(23)18(19)22/h4-7,10-11,20,23H,2-3,8-9H2,1H3,(H2,19,22). The fourth-order valence-corrected chi connectivity index (χ4v) is 3.10. The number of primary amides is 1. The van der Waals surface area contributed by atoms with Gasteiger partial charge in [0.25, 0.3) is 0 Å². The van der Waals surface area contributed by atoms with E-state index in [-0.39, 0.29) is 0 Å². The molecule has 2 aromatic rings. The van der Waals surface area contributed by atoms with Crippen molar-refractivity contribution in [2.24, 2.45) is 5.73 Å². The summed E-state index contributed by atoms with van der Waals surface area (Å²) in [6, 6.07) is 11.8. The van der Waals surface area contributed by atoms with Gasteiger partial charge in [-0.25, -0.2) is 9.10 Å². The van der Waals surface area contributed by atoms with Crippen molar-refractivity contribution >= 4 is 30.2 Å². The Balaban J connectivity index is 1.84. The topological polar surface area (TPSA) is 58.4 Å². The lowest BCUT2D eigenvalue weighted by molar-refractivity contribution is 0.257. The number of hydrogen-bond acceptors (Lipinski definition) is 3. The minimum absolute atomic E-state index is 0.578. The van der Waals surface area contributed by atoms with Gasteiger partial charge in [0.1, 0.15) is 0 Å². The van der Waals surface area contributed by atoms with Gasteiger partial charge >= 0.3 is 6.03 Å². The van der Waals surface area contributed by atoms with Crippen LogP contribution in [0.5, 0.6) is 0 Å². The van der Waals surface area contributed by atoms with Gasteiger partial charge in [0.05, 0.1) is 5.69 Å². The molecule has 0 unspecified atom stereocenters. The fraction of sp³-hybridized carbons (Fsp3) is 0.278. The number of thiol groups is 1. The Morgan fingerprint density at radius 1 is 1.22 bits per heavy atom. The average Bonchev–Trinajstić information content (AvgIpc) is 2.91. The number of nitrogens with zero attached hydrogens (tertiary/aromatic N) is 1. The van der Waals surface area contributed by atoms with Gasteiger partial charge in [0.2, 0.25) is 0 Å². The van der Waals surface area contributed by atoms with Crippen molar-refractivity contribution in [2.45, 2.75) is 26.2 Å². The normalized spacial score (nSPS) is 11.7. The number of amides is 2. The van der Waals surface area contributed by atoms with Gasteiger partial charge in [-0.15, -0.1) is 0 Å². The first kappa shape index (κ1) is 15.7. The van der Waals surface area contributed by atoms with Crippen molar-refractivity contribution < 1.29 is 4.79 Å². The number of nitrogens with two attached hydrogens (primary N) is 1. The molecule has 0 heterocycles. The molecule has 2 amide bonds. The average molecular weight is 327 g/mol. The third-order valence-electron chi connectivity index (χ3n) is 4.18. The number of carbonyl (C=O) groups is 1. The highest BCUT2D eigenvalue weighted by atomic mass is 32.1. The summed E-state index contributed by atoms with van der Waals surface area (Å²) in [6.45, 7) is 3.19. The van der Waals surface area contributed by atoms with E-state index in [4.69, 9.17) is 5.73 Å². The van der Waals surface area contributed by atoms with Crippen LogP contribution in [0, 0.1) is 0 Å². The highest BCUT2D eigenvalue weighted by Gasteiger charge is 2.20. The summed E-state index contributed by atoms with van der Waals surface area (Å²) >= 11 is 4.13. The van der Waals surface area contributed by atoms with Gasteiger partial charge in [-0.2, -0.15) is 0 Å². The summed E-state index contributed by atoms with van der Waals surface area (Å²) in [7, 11) is 0. The molecule has 3 N–H and O–H groups in total. The molecular weight excluding hydrogens is 306 g/mol. The highest BCUT2D eigenvalue weighted by Crippen LogP contribution is 2.39. The molecule has 0 atom stereocenters. The van der Waals surface area contributed by atoms with Crippen molar-refractivity contribution in [3.05, 3.63) is 47.5 Å². The van der Waals surface area contributed by atoms with Gasteiger partial charge in [-0.3, -0.25) is 0 Å². The Bertz CT molecular complexity index is 745. The molecule has 120 valence electrons. The zero-order chi connectivity index (χ0) is 16.4. The van der Waals surface area contributed by atoms with Gasteiger partial charge < -0.3 is 11.1 Å². The SMILES string of the molecule is CCCCNc1ccc2c(c1)Cc1cc(N(S)C(N)=O)ccc1-2. The lowest BCUT2D eigenvalue weighted by Gasteiger charge is -2.13. The number of rotatable bonds is 5. The molecule has 0 saturated carbocycles. The maximum Gasteiger partial charge on any atom is 0.329 e. The molecule has 2 aromatic carbocycles. The van der Waals surface area contributed by atoms with Crippen LogP contribution in [-0.2, 0) is 6.42 Å². The first-order valence-corrected chi connectivity index (χ1v) is 8.28. The van der Waals surface area contributed by atoms with E-state index in [2.05, 4.69) is 43.3 Å². The minimum Gasteiger partial charge on any atom is -0.385 e. The second-order valence-corrected chi connectivity index (χ2v) is 6.22. The van der Waals surface area contributed by atoms with Crippen molar-refractivity contribution in [2.75, 3.05) is 16.2 Å². The predicted octanol–water partition coefficient (Wildman–Crippen LogP) is 4.20. The number of nitrogens with one attached hydrogen (secondary N) is 1. The summed E-state index contributed by atoms with van der Waals surface area (Å²) in [5.41, 5.74) is 12.1. The van der Waals surface area contributed by atoms with Crippen molar-refractivity contribution in [1.82, 2.24) is 0 Å². The molecule has 0 radical (unpaired) electrons. The predicted molar refractivity (Wildman–Crippen MR) is 99.1 cm³/mol. The molecule has 3 rings (SSSR count). The molecule has 0 spiro atoms. The molecule has 0 aliphatic heterocycles. The van der Waals surface area contributed by atoms with Crippen LogP contribution >= 0.6 is 12.8 Å². The van der Waals surface area contributed by atoms with Gasteiger partial charge in [0.15, 0.2) is 0 Å². The molecular formula is C18H21N3OS. The molecule has 0 saturated heterocycles. The van der Waals surface area contributed by atoms with E-state index in [9.17, 15) is 4.79 Å². The lowest BCUT2D eigenvalue weighted by atomic mass is 10.0. The van der Waals surface area contributed by atoms with Crippen LogP contribution in [0.15, 0.2) is 36.4 Å². The molecule has 4 nitrogen and oxygen atoms in total. The second-order valence-electron chi connectivity index (χ2n) is 5.82. The van der Waals surface area contributed by atoms with Gasteiger partial charge in [-0.1, -0.05) is 38.3 Å². The van der Waals surface area contributed by atoms with Gasteiger partial charge in [-0.05, 0) is 59.4 Å². The van der Waals surface area contributed by atoms with Crippen molar-refractivity contribution in [3.8, 4) is 11.1 Å². The molecule has 0 fully saturated rings. The zero-order valence-corrected chi connectivity index (χ0v) is 14.1. The lowest BCUT2D eigenvalue weighted by Crippen LogP contribution is -2.27. The Hall–Kier alpha value is -2.14. The summed E-state index contributed by atoms with van der Waals surface area (Å²) in [5, 5.41) is 3.46. The molecule has 1 aliphatic rings.